The van der Waals surface area contributed by atoms with Crippen LogP contribution in [0.25, 0.3) is 0 Å². The lowest BCUT2D eigenvalue weighted by Crippen LogP contribution is -2.37. The molecule has 0 aliphatic rings. The molecule has 0 aliphatic carbocycles. The molecule has 0 unspecified atom stereocenters. The molecule has 19 heavy (non-hydrogen) atoms. The summed E-state index contributed by atoms with van der Waals surface area (Å²) >= 11 is 2.96. The molecular weight excluding hydrogens is 325 g/mol. The number of amides is 3. The number of benzene rings is 1. The quantitative estimate of drug-likeness (QED) is 0.549. The minimum Gasteiger partial charge on any atom is -0.452 e. The lowest BCUT2D eigenvalue weighted by Gasteiger charge is -2.07. The number of anilines is 1. The lowest BCUT2D eigenvalue weighted by molar-refractivity contribution is -0.123. The van der Waals surface area contributed by atoms with Crippen LogP contribution in [0.3, 0.4) is 0 Å². The van der Waals surface area contributed by atoms with Gasteiger partial charge in [0, 0.05) is 4.47 Å². The summed E-state index contributed by atoms with van der Waals surface area (Å²) in [5.74, 6) is -2.49. The van der Waals surface area contributed by atoms with E-state index in [1.807, 2.05) is 0 Å². The first-order valence-corrected chi connectivity index (χ1v) is 5.61. The average molecular weight is 334 g/mol. The van der Waals surface area contributed by atoms with Crippen LogP contribution in [0.15, 0.2) is 16.6 Å². The van der Waals surface area contributed by atoms with Gasteiger partial charge in [0.1, 0.15) is 5.82 Å². The van der Waals surface area contributed by atoms with Crippen molar-refractivity contribution >= 4 is 39.5 Å². The molecule has 0 bridgehead atoms. The van der Waals surface area contributed by atoms with Crippen molar-refractivity contribution in [3.05, 3.63) is 28.0 Å². The number of halogens is 2. The molecule has 0 spiro atoms. The molecule has 5 N–H and O–H groups in total. The molecule has 1 aromatic carbocycles. The fourth-order valence-electron chi connectivity index (χ4n) is 1.10. The maximum Gasteiger partial charge on any atom is 0.339 e. The van der Waals surface area contributed by atoms with Gasteiger partial charge < -0.3 is 16.2 Å². The number of nitrogens with two attached hydrogens (primary N) is 2. The number of nitrogens with one attached hydrogen (secondary N) is 1. The molecular formula is C10H9BrFN3O4. The fraction of sp³-hybridized carbons (Fsp3) is 0.100. The maximum absolute atomic E-state index is 13.1. The largest absolute Gasteiger partial charge is 0.452 e. The summed E-state index contributed by atoms with van der Waals surface area (Å²) < 4.78 is 17.8. The minimum absolute atomic E-state index is 0.0502. The van der Waals surface area contributed by atoms with Gasteiger partial charge in [-0.1, -0.05) is 0 Å². The Morgan fingerprint density at radius 3 is 2.58 bits per heavy atom. The third-order valence-electron chi connectivity index (χ3n) is 1.90. The summed E-state index contributed by atoms with van der Waals surface area (Å²) in [5, 5.41) is 1.71. The molecule has 1 rings (SSSR count). The third-order valence-corrected chi connectivity index (χ3v) is 2.56. The molecule has 3 amide bonds. The van der Waals surface area contributed by atoms with Crippen molar-refractivity contribution in [1.82, 2.24) is 5.32 Å². The predicted molar refractivity (Wildman–Crippen MR) is 66.5 cm³/mol. The molecule has 9 heteroatoms. The third kappa shape index (κ3) is 4.21. The number of hydrogen-bond acceptors (Lipinski definition) is 5. The topological polar surface area (TPSA) is 125 Å². The molecule has 0 aliphatic heterocycles. The number of imide groups is 1. The molecule has 0 aromatic heterocycles. The van der Waals surface area contributed by atoms with E-state index in [-0.39, 0.29) is 15.7 Å². The average Bonchev–Trinajstić information content (AvgIpc) is 2.30. The van der Waals surface area contributed by atoms with Gasteiger partial charge in [-0.3, -0.25) is 10.1 Å². The van der Waals surface area contributed by atoms with E-state index in [0.29, 0.717) is 0 Å². The van der Waals surface area contributed by atoms with E-state index in [9.17, 15) is 18.8 Å². The predicted octanol–water partition coefficient (Wildman–Crippen LogP) is 0.522. The van der Waals surface area contributed by atoms with Gasteiger partial charge in [-0.05, 0) is 28.1 Å². The molecule has 0 atom stereocenters. The Morgan fingerprint density at radius 2 is 2.00 bits per heavy atom. The SMILES string of the molecule is NC(=O)NC(=O)COC(=O)c1cc(N)c(F)cc1Br. The van der Waals surface area contributed by atoms with E-state index < -0.39 is 30.3 Å². The van der Waals surface area contributed by atoms with Crippen LogP contribution in [-0.2, 0) is 9.53 Å². The summed E-state index contributed by atoms with van der Waals surface area (Å²) in [6.07, 6.45) is 0. The van der Waals surface area contributed by atoms with Crippen molar-refractivity contribution in [1.29, 1.82) is 0 Å². The van der Waals surface area contributed by atoms with Gasteiger partial charge in [0.15, 0.2) is 6.61 Å². The van der Waals surface area contributed by atoms with Crippen molar-refractivity contribution < 1.29 is 23.5 Å². The summed E-state index contributed by atoms with van der Waals surface area (Å²) in [6, 6.07) is 0.997. The number of carbonyl (C=O) groups excluding carboxylic acids is 3. The first-order chi connectivity index (χ1) is 8.81. The normalized spacial score (nSPS) is 9.79. The van der Waals surface area contributed by atoms with Gasteiger partial charge in [0.2, 0.25) is 0 Å². The van der Waals surface area contributed by atoms with Crippen LogP contribution in [0, 0.1) is 5.82 Å². The molecule has 0 saturated carbocycles. The van der Waals surface area contributed by atoms with Crippen LogP contribution >= 0.6 is 15.9 Å². The summed E-state index contributed by atoms with van der Waals surface area (Å²) in [6.45, 7) is -0.703. The van der Waals surface area contributed by atoms with Crippen LogP contribution in [-0.4, -0.2) is 24.5 Å². The van der Waals surface area contributed by atoms with Crippen LogP contribution in [0.1, 0.15) is 10.4 Å². The van der Waals surface area contributed by atoms with Gasteiger partial charge in [-0.25, -0.2) is 14.0 Å². The zero-order valence-electron chi connectivity index (χ0n) is 9.41. The van der Waals surface area contributed by atoms with Crippen LogP contribution in [0.4, 0.5) is 14.9 Å². The second-order valence-electron chi connectivity index (χ2n) is 3.34. The van der Waals surface area contributed by atoms with Crippen LogP contribution in [0.5, 0.6) is 0 Å². The molecule has 0 saturated heterocycles. The van der Waals surface area contributed by atoms with Crippen molar-refractivity contribution in [2.75, 3.05) is 12.3 Å². The number of carbonyl (C=O) groups is 3. The zero-order valence-corrected chi connectivity index (χ0v) is 11.0. The Balaban J connectivity index is 2.71. The highest BCUT2D eigenvalue weighted by molar-refractivity contribution is 9.10. The zero-order chi connectivity index (χ0) is 14.6. The highest BCUT2D eigenvalue weighted by Gasteiger charge is 2.16. The van der Waals surface area contributed by atoms with E-state index in [2.05, 4.69) is 20.7 Å². The Bertz CT molecular complexity index is 550. The lowest BCUT2D eigenvalue weighted by atomic mass is 10.2. The Labute approximate surface area is 115 Å². The summed E-state index contributed by atoms with van der Waals surface area (Å²) in [7, 11) is 0. The molecule has 102 valence electrons. The van der Waals surface area contributed by atoms with Crippen molar-refractivity contribution in [3.8, 4) is 0 Å². The molecule has 0 fully saturated rings. The first kappa shape index (κ1) is 14.9. The number of hydrogen-bond donors (Lipinski definition) is 3. The molecule has 1 aromatic rings. The second kappa shape index (κ2) is 6.14. The van der Waals surface area contributed by atoms with Gasteiger partial charge in [0.25, 0.3) is 5.91 Å². The molecule has 7 nitrogen and oxygen atoms in total. The summed E-state index contributed by atoms with van der Waals surface area (Å²) in [5.41, 5.74) is 9.71. The Kier molecular flexibility index (Phi) is 4.81. The van der Waals surface area contributed by atoms with E-state index >= 15 is 0 Å². The van der Waals surface area contributed by atoms with Gasteiger partial charge in [0.05, 0.1) is 11.3 Å². The van der Waals surface area contributed by atoms with Gasteiger partial charge in [-0.15, -0.1) is 0 Å². The maximum atomic E-state index is 13.1. The highest BCUT2D eigenvalue weighted by Crippen LogP contribution is 2.23. The van der Waals surface area contributed by atoms with Gasteiger partial charge >= 0.3 is 12.0 Å². The number of primary amides is 1. The number of nitrogen functional groups attached to an aromatic ring is 1. The number of rotatable bonds is 3. The summed E-state index contributed by atoms with van der Waals surface area (Å²) in [4.78, 5) is 32.9. The molecule has 0 radical (unpaired) electrons. The fourth-order valence-corrected chi connectivity index (χ4v) is 1.58. The monoisotopic (exact) mass is 333 g/mol. The molecule has 0 heterocycles. The smallest absolute Gasteiger partial charge is 0.339 e. The minimum atomic E-state index is -1.06. The van der Waals surface area contributed by atoms with Crippen LogP contribution in [0.2, 0.25) is 0 Å². The van der Waals surface area contributed by atoms with Crippen molar-refractivity contribution in [2.24, 2.45) is 5.73 Å². The number of ether oxygens (including phenoxy) is 1. The Morgan fingerprint density at radius 1 is 1.37 bits per heavy atom. The standard InChI is InChI=1S/C10H9BrFN3O4/c11-5-2-6(12)7(13)1-4(5)9(17)19-3-8(16)15-10(14)18/h1-2H,3,13H2,(H3,14,15,16,18). The van der Waals surface area contributed by atoms with E-state index in [4.69, 9.17) is 11.5 Å². The van der Waals surface area contributed by atoms with Crippen LogP contribution < -0.4 is 16.8 Å². The number of esters is 1. The second-order valence-corrected chi connectivity index (χ2v) is 4.20. The number of urea groups is 1. The van der Waals surface area contributed by atoms with E-state index in [1.54, 1.807) is 5.32 Å². The van der Waals surface area contributed by atoms with Crippen molar-refractivity contribution in [3.63, 3.8) is 0 Å². The van der Waals surface area contributed by atoms with E-state index in [0.717, 1.165) is 12.1 Å². The Hall–Kier alpha value is -2.16. The first-order valence-electron chi connectivity index (χ1n) is 4.82. The van der Waals surface area contributed by atoms with Crippen molar-refractivity contribution in [2.45, 2.75) is 0 Å². The van der Waals surface area contributed by atoms with E-state index in [1.165, 1.54) is 0 Å². The van der Waals surface area contributed by atoms with Gasteiger partial charge in [-0.2, -0.15) is 0 Å². The highest BCUT2D eigenvalue weighted by atomic mass is 79.9.